The van der Waals surface area contributed by atoms with Crippen molar-refractivity contribution in [2.75, 3.05) is 13.1 Å². The van der Waals surface area contributed by atoms with Gasteiger partial charge in [-0.3, -0.25) is 9.69 Å². The average molecular weight is 334 g/mol. The molecule has 0 saturated carbocycles. The van der Waals surface area contributed by atoms with Crippen LogP contribution in [0.4, 0.5) is 0 Å². The third kappa shape index (κ3) is 3.42. The van der Waals surface area contributed by atoms with Crippen LogP contribution in [-0.4, -0.2) is 39.6 Å². The second kappa shape index (κ2) is 7.07. The van der Waals surface area contributed by atoms with E-state index in [4.69, 9.17) is 0 Å². The summed E-state index contributed by atoms with van der Waals surface area (Å²) in [6.45, 7) is 2.71. The fourth-order valence-electron chi connectivity index (χ4n) is 3.57. The molecule has 5 heteroatoms. The zero-order chi connectivity index (χ0) is 17.1. The molecule has 1 amide bonds. The second-order valence-corrected chi connectivity index (χ2v) is 6.55. The Balaban J connectivity index is 1.39. The highest BCUT2D eigenvalue weighted by atomic mass is 16.1. The van der Waals surface area contributed by atoms with Crippen molar-refractivity contribution in [1.82, 2.24) is 19.8 Å². The van der Waals surface area contributed by atoms with Crippen molar-refractivity contribution in [3.8, 4) is 0 Å². The van der Waals surface area contributed by atoms with Gasteiger partial charge >= 0.3 is 0 Å². The fraction of sp³-hybridized carbons (Fsp3) is 0.300. The minimum Gasteiger partial charge on any atom is -0.350 e. The summed E-state index contributed by atoms with van der Waals surface area (Å²) >= 11 is 0. The average Bonchev–Trinajstić information content (AvgIpc) is 3.27. The summed E-state index contributed by atoms with van der Waals surface area (Å²) in [7, 11) is 0. The Bertz CT molecular complexity index is 858. The van der Waals surface area contributed by atoms with Crippen LogP contribution < -0.4 is 5.32 Å². The first-order valence-electron chi connectivity index (χ1n) is 8.80. The Morgan fingerprint density at radius 1 is 1.16 bits per heavy atom. The molecule has 0 unspecified atom stereocenters. The van der Waals surface area contributed by atoms with Crippen LogP contribution in [-0.2, 0) is 6.54 Å². The minimum atomic E-state index is -0.0484. The molecule has 3 heterocycles. The number of hydrogen-bond acceptors (Lipinski definition) is 3. The second-order valence-electron chi connectivity index (χ2n) is 6.55. The number of pyridine rings is 1. The molecule has 1 fully saturated rings. The van der Waals surface area contributed by atoms with Gasteiger partial charge in [0.05, 0.1) is 17.3 Å². The molecule has 1 aromatic carbocycles. The van der Waals surface area contributed by atoms with Gasteiger partial charge in [0.1, 0.15) is 0 Å². The van der Waals surface area contributed by atoms with Gasteiger partial charge in [-0.15, -0.1) is 0 Å². The summed E-state index contributed by atoms with van der Waals surface area (Å²) in [5.41, 5.74) is 2.80. The molecule has 2 aromatic heterocycles. The topological polar surface area (TPSA) is 49.6 Å². The van der Waals surface area contributed by atoms with E-state index in [1.165, 1.54) is 12.0 Å². The van der Waals surface area contributed by atoms with Crippen molar-refractivity contribution in [2.45, 2.75) is 25.4 Å². The molecule has 1 atom stereocenters. The number of fused-ring (bicyclic) bond motifs is 1. The summed E-state index contributed by atoms with van der Waals surface area (Å²) in [5.74, 6) is -0.0484. The molecular formula is C20H22N4O. The molecule has 0 spiro atoms. The molecule has 0 bridgehead atoms. The summed E-state index contributed by atoms with van der Waals surface area (Å²) in [4.78, 5) is 15.0. The van der Waals surface area contributed by atoms with Crippen molar-refractivity contribution in [3.63, 3.8) is 0 Å². The van der Waals surface area contributed by atoms with Crippen molar-refractivity contribution in [2.24, 2.45) is 0 Å². The molecule has 1 aliphatic rings. The smallest absolute Gasteiger partial charge is 0.255 e. The van der Waals surface area contributed by atoms with Crippen LogP contribution in [0.2, 0.25) is 0 Å². The Labute approximate surface area is 147 Å². The van der Waals surface area contributed by atoms with Crippen LogP contribution in [0, 0.1) is 0 Å². The molecule has 0 aliphatic carbocycles. The first-order valence-corrected chi connectivity index (χ1v) is 8.80. The number of nitrogens with zero attached hydrogens (tertiary/aromatic N) is 3. The van der Waals surface area contributed by atoms with Gasteiger partial charge in [-0.05, 0) is 37.1 Å². The van der Waals surface area contributed by atoms with Gasteiger partial charge in [0.25, 0.3) is 5.91 Å². The highest BCUT2D eigenvalue weighted by Gasteiger charge is 2.25. The van der Waals surface area contributed by atoms with Crippen molar-refractivity contribution >= 4 is 11.4 Å². The Hall–Kier alpha value is -2.66. The largest absolute Gasteiger partial charge is 0.350 e. The van der Waals surface area contributed by atoms with Crippen LogP contribution >= 0.6 is 0 Å². The Morgan fingerprint density at radius 3 is 2.88 bits per heavy atom. The summed E-state index contributed by atoms with van der Waals surface area (Å²) in [6, 6.07) is 16.7. The maximum absolute atomic E-state index is 12.6. The van der Waals surface area contributed by atoms with E-state index < -0.39 is 0 Å². The predicted octanol–water partition coefficient (Wildman–Crippen LogP) is 2.73. The molecule has 5 nitrogen and oxygen atoms in total. The van der Waals surface area contributed by atoms with Gasteiger partial charge in [-0.2, -0.15) is 5.10 Å². The van der Waals surface area contributed by atoms with E-state index in [-0.39, 0.29) is 5.91 Å². The number of aromatic nitrogens is 2. The van der Waals surface area contributed by atoms with E-state index >= 15 is 0 Å². The number of nitrogens with one attached hydrogen (secondary N) is 1. The van der Waals surface area contributed by atoms with Crippen LogP contribution in [0.3, 0.4) is 0 Å². The minimum absolute atomic E-state index is 0.0484. The number of carbonyl (C=O) groups excluding carboxylic acids is 1. The lowest BCUT2D eigenvalue weighted by Gasteiger charge is -2.24. The molecule has 0 radical (unpaired) electrons. The molecule has 25 heavy (non-hydrogen) atoms. The molecular weight excluding hydrogens is 312 g/mol. The lowest BCUT2D eigenvalue weighted by molar-refractivity contribution is 0.0941. The quantitative estimate of drug-likeness (QED) is 0.780. The Kier molecular flexibility index (Phi) is 4.48. The maximum atomic E-state index is 12.6. The molecule has 4 rings (SSSR count). The van der Waals surface area contributed by atoms with E-state index in [9.17, 15) is 4.79 Å². The van der Waals surface area contributed by atoms with Crippen molar-refractivity contribution in [3.05, 3.63) is 72.1 Å². The van der Waals surface area contributed by atoms with Gasteiger partial charge < -0.3 is 5.32 Å². The van der Waals surface area contributed by atoms with E-state index in [1.54, 1.807) is 10.7 Å². The molecule has 1 aliphatic heterocycles. The first-order chi connectivity index (χ1) is 12.3. The fourth-order valence-corrected chi connectivity index (χ4v) is 3.57. The van der Waals surface area contributed by atoms with E-state index in [1.807, 2.05) is 30.5 Å². The van der Waals surface area contributed by atoms with Crippen LogP contribution in [0.1, 0.15) is 28.8 Å². The van der Waals surface area contributed by atoms with Crippen molar-refractivity contribution in [1.29, 1.82) is 0 Å². The molecule has 1 N–H and O–H groups in total. The zero-order valence-corrected chi connectivity index (χ0v) is 14.1. The molecule has 1 saturated heterocycles. The lowest BCUT2D eigenvalue weighted by atomic mass is 10.1. The first kappa shape index (κ1) is 15.8. The lowest BCUT2D eigenvalue weighted by Crippen LogP contribution is -2.39. The third-order valence-corrected chi connectivity index (χ3v) is 4.90. The van der Waals surface area contributed by atoms with Crippen LogP contribution in [0.25, 0.3) is 5.52 Å². The summed E-state index contributed by atoms with van der Waals surface area (Å²) in [5, 5.41) is 7.34. The number of carbonyl (C=O) groups is 1. The van der Waals surface area contributed by atoms with Crippen LogP contribution in [0.5, 0.6) is 0 Å². The number of benzene rings is 1. The third-order valence-electron chi connectivity index (χ3n) is 4.90. The van der Waals surface area contributed by atoms with E-state index in [0.29, 0.717) is 18.2 Å². The standard InChI is InChI=1S/C20H22N4O/c25-20(18-14-22-24-12-5-4-10-19(18)24)21-13-17-9-6-11-23(17)15-16-7-2-1-3-8-16/h1-5,7-8,10,12,14,17H,6,9,11,13,15H2,(H,21,25)/t17-/m1/s1. The van der Waals surface area contributed by atoms with Gasteiger partial charge in [0, 0.05) is 25.3 Å². The number of hydrogen-bond donors (Lipinski definition) is 1. The van der Waals surface area contributed by atoms with Crippen molar-refractivity contribution < 1.29 is 4.79 Å². The molecule has 3 aromatic rings. The zero-order valence-electron chi connectivity index (χ0n) is 14.1. The summed E-state index contributed by atoms with van der Waals surface area (Å²) < 4.78 is 1.73. The van der Waals surface area contributed by atoms with E-state index in [0.717, 1.165) is 25.0 Å². The number of rotatable bonds is 5. The summed E-state index contributed by atoms with van der Waals surface area (Å²) in [6.07, 6.45) is 5.80. The van der Waals surface area contributed by atoms with Crippen LogP contribution in [0.15, 0.2) is 60.9 Å². The monoisotopic (exact) mass is 334 g/mol. The van der Waals surface area contributed by atoms with E-state index in [2.05, 4.69) is 39.6 Å². The number of likely N-dealkylation sites (tertiary alicyclic amines) is 1. The maximum Gasteiger partial charge on any atom is 0.255 e. The Morgan fingerprint density at radius 2 is 2.00 bits per heavy atom. The van der Waals surface area contributed by atoms with Gasteiger partial charge in [0.15, 0.2) is 0 Å². The highest BCUT2D eigenvalue weighted by molar-refractivity contribution is 6.00. The van der Waals surface area contributed by atoms with Gasteiger partial charge in [-0.25, -0.2) is 4.52 Å². The highest BCUT2D eigenvalue weighted by Crippen LogP contribution is 2.20. The number of amides is 1. The SMILES string of the molecule is O=C(NC[C@H]1CCCN1Cc1ccccc1)c1cnn2ccccc12. The van der Waals surface area contributed by atoms with Gasteiger partial charge in [0.2, 0.25) is 0 Å². The normalized spacial score (nSPS) is 17.8. The molecule has 128 valence electrons. The predicted molar refractivity (Wildman–Crippen MR) is 97.4 cm³/mol. The van der Waals surface area contributed by atoms with Gasteiger partial charge in [-0.1, -0.05) is 36.4 Å².